The third-order valence-electron chi connectivity index (χ3n) is 10.4. The van der Waals surface area contributed by atoms with Gasteiger partial charge in [0.25, 0.3) is 0 Å². The van der Waals surface area contributed by atoms with Crippen LogP contribution in [-0.2, 0) is 9.47 Å². The highest BCUT2D eigenvalue weighted by Crippen LogP contribution is 2.67. The minimum atomic E-state index is -0.294. The first-order valence-electron chi connectivity index (χ1n) is 16.3. The summed E-state index contributed by atoms with van der Waals surface area (Å²) in [7, 11) is 0. The van der Waals surface area contributed by atoms with Crippen LogP contribution in [0.2, 0.25) is 0 Å². The van der Waals surface area contributed by atoms with Crippen LogP contribution in [0.1, 0.15) is 94.9 Å². The van der Waals surface area contributed by atoms with E-state index in [2.05, 4.69) is 154 Å². The van der Waals surface area contributed by atoms with E-state index in [-0.39, 0.29) is 45.4 Å². The van der Waals surface area contributed by atoms with Crippen LogP contribution in [0, 0.1) is 10.8 Å². The van der Waals surface area contributed by atoms with Crippen LogP contribution in [0.3, 0.4) is 0 Å². The lowest BCUT2D eigenvalue weighted by Crippen LogP contribution is -2.46. The first-order valence-corrected chi connectivity index (χ1v) is 16.3. The Morgan fingerprint density at radius 1 is 0.500 bits per heavy atom. The molecule has 6 atom stereocenters. The van der Waals surface area contributed by atoms with Gasteiger partial charge in [-0.05, 0) is 66.5 Å². The number of allylic oxidation sites excluding steroid dienone is 16. The molecule has 44 heavy (non-hydrogen) atoms. The van der Waals surface area contributed by atoms with Crippen molar-refractivity contribution in [3.63, 3.8) is 0 Å². The van der Waals surface area contributed by atoms with Crippen molar-refractivity contribution in [2.45, 2.75) is 130 Å². The van der Waals surface area contributed by atoms with Gasteiger partial charge in [-0.3, -0.25) is 0 Å². The first kappa shape index (κ1) is 34.4. The monoisotopic (exact) mass is 600 g/mol. The van der Waals surface area contributed by atoms with E-state index in [4.69, 9.17) is 9.47 Å². The zero-order valence-corrected chi connectivity index (χ0v) is 28.8. The fourth-order valence-electron chi connectivity index (χ4n) is 7.99. The Kier molecular flexibility index (Phi) is 9.66. The minimum absolute atomic E-state index is 0.0969. The van der Waals surface area contributed by atoms with Crippen molar-refractivity contribution in [2.24, 2.45) is 10.8 Å². The Morgan fingerprint density at radius 2 is 0.818 bits per heavy atom. The maximum atomic E-state index is 10.3. The lowest BCUT2D eigenvalue weighted by Gasteiger charge is -2.39. The Labute approximate surface area is 267 Å². The highest BCUT2D eigenvalue weighted by molar-refractivity contribution is 5.38. The number of rotatable bonds is 10. The number of aliphatic hydroxyl groups is 2. The highest BCUT2D eigenvalue weighted by atomic mass is 16.6. The quantitative estimate of drug-likeness (QED) is 0.194. The van der Waals surface area contributed by atoms with E-state index in [0.29, 0.717) is 12.8 Å². The topological polar surface area (TPSA) is 65.5 Å². The van der Waals surface area contributed by atoms with Gasteiger partial charge in [0.2, 0.25) is 0 Å². The number of aliphatic hydroxyl groups excluding tert-OH is 2. The molecule has 0 aromatic rings. The molecule has 0 radical (unpaired) electrons. The summed E-state index contributed by atoms with van der Waals surface area (Å²) in [5, 5.41) is 20.5. The summed E-state index contributed by atoms with van der Waals surface area (Å²) in [6, 6.07) is 0. The second-order valence-electron chi connectivity index (χ2n) is 15.4. The molecule has 4 nitrogen and oxygen atoms in total. The molecule has 4 aliphatic rings. The summed E-state index contributed by atoms with van der Waals surface area (Å²) >= 11 is 0. The second-order valence-corrected chi connectivity index (χ2v) is 15.4. The Balaban J connectivity index is 1.25. The van der Waals surface area contributed by atoms with Gasteiger partial charge in [-0.25, -0.2) is 0 Å². The van der Waals surface area contributed by atoms with Crippen molar-refractivity contribution in [2.75, 3.05) is 0 Å². The third-order valence-corrected chi connectivity index (χ3v) is 10.4. The van der Waals surface area contributed by atoms with Gasteiger partial charge < -0.3 is 19.7 Å². The summed E-state index contributed by atoms with van der Waals surface area (Å²) in [6.45, 7) is 21.4. The molecule has 0 bridgehead atoms. The predicted octanol–water partition coefficient (Wildman–Crippen LogP) is 8.97. The van der Waals surface area contributed by atoms with E-state index in [0.717, 1.165) is 12.8 Å². The van der Waals surface area contributed by atoms with Crippen LogP contribution in [0.25, 0.3) is 0 Å². The SMILES string of the molecule is CC(/C=C/C=C(C)/C=C/[C@@]12O[C@]1(C)C[C@@H](O)CC2(C)C)=C\C=C\C=C(C)\C=C\C=C(C)\C=C\[C@@]12O[C@@]1(C)C[C@@H](O)CC2(C)C. The average Bonchev–Trinajstić information content (AvgIpc) is 3.73. The van der Waals surface area contributed by atoms with Crippen LogP contribution in [0.4, 0.5) is 0 Å². The van der Waals surface area contributed by atoms with Crippen molar-refractivity contribution in [3.05, 3.63) is 107 Å². The van der Waals surface area contributed by atoms with Gasteiger partial charge in [0.15, 0.2) is 0 Å². The molecule has 4 fully saturated rings. The van der Waals surface area contributed by atoms with Gasteiger partial charge in [0.1, 0.15) is 22.4 Å². The van der Waals surface area contributed by atoms with Gasteiger partial charge in [-0.15, -0.1) is 0 Å². The molecule has 2 heterocycles. The molecule has 240 valence electrons. The van der Waals surface area contributed by atoms with Crippen LogP contribution < -0.4 is 0 Å². The van der Waals surface area contributed by atoms with Crippen molar-refractivity contribution < 1.29 is 19.7 Å². The smallest absolute Gasteiger partial charge is 0.121 e. The standard InChI is InChI=1S/C40H56O4/c1-29(17-13-19-31(3)21-23-39-35(5,6)25-33(41)27-37(39,9)43-39)15-11-12-16-30(2)18-14-20-32(4)22-24-40-36(7,8)26-34(42)28-38(40,10)44-40/h11-24,33-34,41-42H,25-28H2,1-10H3/b12-11+,17-13+,18-14+,23-21+,24-22+,29-15+,30-16+,31-19+,32-20+/t33-,34-,37-,38+,39-,40-/m0/s1. The predicted molar refractivity (Wildman–Crippen MR) is 183 cm³/mol. The summed E-state index contributed by atoms with van der Waals surface area (Å²) in [6.07, 6.45) is 32.0. The van der Waals surface area contributed by atoms with Crippen molar-refractivity contribution in [1.82, 2.24) is 0 Å². The summed E-state index contributed by atoms with van der Waals surface area (Å²) in [5.74, 6) is 0. The maximum absolute atomic E-state index is 10.3. The fraction of sp³-hybridized carbons (Fsp3) is 0.550. The van der Waals surface area contributed by atoms with Gasteiger partial charge in [-0.2, -0.15) is 0 Å². The van der Waals surface area contributed by atoms with Crippen molar-refractivity contribution in [3.8, 4) is 0 Å². The zero-order chi connectivity index (χ0) is 32.6. The van der Waals surface area contributed by atoms with E-state index in [9.17, 15) is 10.2 Å². The van der Waals surface area contributed by atoms with E-state index < -0.39 is 0 Å². The Morgan fingerprint density at radius 3 is 1.16 bits per heavy atom. The van der Waals surface area contributed by atoms with Crippen molar-refractivity contribution in [1.29, 1.82) is 0 Å². The molecule has 0 unspecified atom stereocenters. The summed E-state index contributed by atoms with van der Waals surface area (Å²) in [5.41, 5.74) is 3.36. The fourth-order valence-corrected chi connectivity index (χ4v) is 7.99. The highest BCUT2D eigenvalue weighted by Gasteiger charge is 2.75. The summed E-state index contributed by atoms with van der Waals surface area (Å²) < 4.78 is 12.5. The van der Waals surface area contributed by atoms with Crippen LogP contribution >= 0.6 is 0 Å². The third kappa shape index (κ3) is 6.84. The molecular formula is C40H56O4. The average molecular weight is 601 g/mol. The number of epoxide rings is 2. The van der Waals surface area contributed by atoms with Crippen LogP contribution in [0.5, 0.6) is 0 Å². The van der Waals surface area contributed by atoms with Crippen molar-refractivity contribution >= 4 is 0 Å². The van der Waals surface area contributed by atoms with E-state index in [1.807, 2.05) is 0 Å². The number of hydrogen-bond donors (Lipinski definition) is 2. The van der Waals surface area contributed by atoms with Gasteiger partial charge in [0.05, 0.1) is 12.2 Å². The molecule has 2 aliphatic heterocycles. The van der Waals surface area contributed by atoms with Gasteiger partial charge >= 0.3 is 0 Å². The normalized spacial score (nSPS) is 39.2. The molecule has 2 N–H and O–H groups in total. The number of ether oxygens (including phenoxy) is 2. The Hall–Kier alpha value is -2.50. The van der Waals surface area contributed by atoms with E-state index in [1.165, 1.54) is 22.3 Å². The molecule has 0 spiro atoms. The summed E-state index contributed by atoms with van der Waals surface area (Å²) in [4.78, 5) is 0. The number of fused-ring (bicyclic) bond motifs is 2. The van der Waals surface area contributed by atoms with Gasteiger partial charge in [-0.1, -0.05) is 123 Å². The maximum Gasteiger partial charge on any atom is 0.121 e. The van der Waals surface area contributed by atoms with Gasteiger partial charge in [0, 0.05) is 23.7 Å². The lowest BCUT2D eigenvalue weighted by molar-refractivity contribution is 0.0510. The number of hydrogen-bond acceptors (Lipinski definition) is 4. The van der Waals surface area contributed by atoms with E-state index in [1.54, 1.807) is 0 Å². The van der Waals surface area contributed by atoms with Crippen LogP contribution in [0.15, 0.2) is 107 Å². The second kappa shape index (κ2) is 12.4. The minimum Gasteiger partial charge on any atom is -0.393 e. The van der Waals surface area contributed by atoms with Crippen LogP contribution in [-0.4, -0.2) is 44.8 Å². The van der Waals surface area contributed by atoms with E-state index >= 15 is 0 Å². The molecule has 0 amide bonds. The largest absolute Gasteiger partial charge is 0.393 e. The molecular weight excluding hydrogens is 544 g/mol. The first-order chi connectivity index (χ1) is 20.4. The molecule has 0 aromatic carbocycles. The molecule has 0 aromatic heterocycles. The molecule has 2 aliphatic carbocycles. The zero-order valence-electron chi connectivity index (χ0n) is 28.8. The molecule has 2 saturated carbocycles. The molecule has 2 saturated heterocycles. The molecule has 4 heteroatoms. The Bertz CT molecular complexity index is 1270. The lowest BCUT2D eigenvalue weighted by atomic mass is 9.63. The molecule has 4 rings (SSSR count).